The van der Waals surface area contributed by atoms with E-state index in [9.17, 15) is 8.42 Å². The molecule has 0 aromatic carbocycles. The molecule has 16 heavy (non-hydrogen) atoms. The highest BCUT2D eigenvalue weighted by atomic mass is 32.2. The molecule has 2 fully saturated rings. The van der Waals surface area contributed by atoms with Crippen LogP contribution >= 0.6 is 0 Å². The lowest BCUT2D eigenvalue weighted by molar-refractivity contribution is 0.107. The minimum Gasteiger partial charge on any atom is -0.377 e. The van der Waals surface area contributed by atoms with Crippen molar-refractivity contribution in [2.24, 2.45) is 0 Å². The molecule has 1 heterocycles. The molecule has 3 atom stereocenters. The van der Waals surface area contributed by atoms with Gasteiger partial charge in [-0.15, -0.1) is 0 Å². The molecule has 4 nitrogen and oxygen atoms in total. The van der Waals surface area contributed by atoms with E-state index in [1.54, 1.807) is 0 Å². The molecule has 1 saturated heterocycles. The Morgan fingerprint density at radius 1 is 1.25 bits per heavy atom. The van der Waals surface area contributed by atoms with Crippen LogP contribution in [0, 0.1) is 0 Å². The lowest BCUT2D eigenvalue weighted by atomic mass is 10.2. The molecule has 0 bridgehead atoms. The standard InChI is InChI=1S/C11H21NO3S/c1-16(13,14)11-6-2-5-10(11)12-8-9-4-3-7-15-9/h9-12H,2-8H2,1H3. The van der Waals surface area contributed by atoms with Gasteiger partial charge in [-0.25, -0.2) is 8.42 Å². The second-order valence-electron chi connectivity index (χ2n) is 4.95. The van der Waals surface area contributed by atoms with E-state index in [2.05, 4.69) is 5.32 Å². The van der Waals surface area contributed by atoms with E-state index in [0.717, 1.165) is 45.3 Å². The first-order chi connectivity index (χ1) is 7.57. The first-order valence-corrected chi connectivity index (χ1v) is 8.06. The van der Waals surface area contributed by atoms with Crippen LogP contribution in [0.4, 0.5) is 0 Å². The van der Waals surface area contributed by atoms with Crippen molar-refractivity contribution in [2.75, 3.05) is 19.4 Å². The smallest absolute Gasteiger partial charge is 0.151 e. The van der Waals surface area contributed by atoms with Crippen LogP contribution in [0.3, 0.4) is 0 Å². The number of rotatable bonds is 4. The van der Waals surface area contributed by atoms with Gasteiger partial charge in [-0.05, 0) is 25.7 Å². The lowest BCUT2D eigenvalue weighted by Gasteiger charge is -2.21. The molecular weight excluding hydrogens is 226 g/mol. The van der Waals surface area contributed by atoms with E-state index in [4.69, 9.17) is 4.74 Å². The molecule has 0 radical (unpaired) electrons. The summed E-state index contributed by atoms with van der Waals surface area (Å²) >= 11 is 0. The van der Waals surface area contributed by atoms with Crippen LogP contribution in [0.15, 0.2) is 0 Å². The van der Waals surface area contributed by atoms with Gasteiger partial charge in [0.1, 0.15) is 0 Å². The van der Waals surface area contributed by atoms with Crippen molar-refractivity contribution in [2.45, 2.75) is 49.5 Å². The molecular formula is C11H21NO3S. The number of sulfone groups is 1. The first-order valence-electron chi connectivity index (χ1n) is 6.11. The summed E-state index contributed by atoms with van der Waals surface area (Å²) in [6.07, 6.45) is 6.67. The van der Waals surface area contributed by atoms with Crippen LogP contribution in [0.5, 0.6) is 0 Å². The van der Waals surface area contributed by atoms with Crippen molar-refractivity contribution in [3.05, 3.63) is 0 Å². The van der Waals surface area contributed by atoms with Gasteiger partial charge in [-0.3, -0.25) is 0 Å². The Kier molecular flexibility index (Phi) is 3.87. The molecule has 0 spiro atoms. The molecule has 2 rings (SSSR count). The summed E-state index contributed by atoms with van der Waals surface area (Å²) in [5.74, 6) is 0. The fourth-order valence-electron chi connectivity index (χ4n) is 2.76. The zero-order valence-electron chi connectivity index (χ0n) is 9.81. The fourth-order valence-corrected chi connectivity index (χ4v) is 4.18. The average Bonchev–Trinajstić information content (AvgIpc) is 2.85. The summed E-state index contributed by atoms with van der Waals surface area (Å²) in [6.45, 7) is 1.66. The molecule has 2 aliphatic rings. The van der Waals surface area contributed by atoms with Crippen LogP contribution < -0.4 is 5.32 Å². The van der Waals surface area contributed by atoms with Gasteiger partial charge in [-0.2, -0.15) is 0 Å². The lowest BCUT2D eigenvalue weighted by Crippen LogP contribution is -2.43. The molecule has 1 N–H and O–H groups in total. The van der Waals surface area contributed by atoms with Crippen LogP contribution in [0.25, 0.3) is 0 Å². The highest BCUT2D eigenvalue weighted by molar-refractivity contribution is 7.91. The molecule has 1 saturated carbocycles. The van der Waals surface area contributed by atoms with Crippen LogP contribution in [0.1, 0.15) is 32.1 Å². The van der Waals surface area contributed by atoms with Crippen LogP contribution in [0.2, 0.25) is 0 Å². The molecule has 94 valence electrons. The monoisotopic (exact) mass is 247 g/mol. The third-order valence-electron chi connectivity index (χ3n) is 3.63. The molecule has 0 amide bonds. The summed E-state index contributed by atoms with van der Waals surface area (Å²) in [7, 11) is -2.90. The van der Waals surface area contributed by atoms with Gasteiger partial charge in [-0.1, -0.05) is 6.42 Å². The van der Waals surface area contributed by atoms with Gasteiger partial charge in [0.05, 0.1) is 11.4 Å². The SMILES string of the molecule is CS(=O)(=O)C1CCCC1NCC1CCCO1. The molecule has 1 aliphatic heterocycles. The topological polar surface area (TPSA) is 55.4 Å². The van der Waals surface area contributed by atoms with Crippen LogP contribution in [-0.4, -0.2) is 45.2 Å². The van der Waals surface area contributed by atoms with Gasteiger partial charge in [0, 0.05) is 25.4 Å². The van der Waals surface area contributed by atoms with Crippen molar-refractivity contribution in [1.29, 1.82) is 0 Å². The minimum absolute atomic E-state index is 0.138. The highest BCUT2D eigenvalue weighted by Crippen LogP contribution is 2.25. The van der Waals surface area contributed by atoms with E-state index in [1.807, 2.05) is 0 Å². The molecule has 1 aliphatic carbocycles. The maximum absolute atomic E-state index is 11.6. The fraction of sp³-hybridized carbons (Fsp3) is 1.00. The molecule has 5 heteroatoms. The van der Waals surface area contributed by atoms with Crippen molar-refractivity contribution in [3.63, 3.8) is 0 Å². The summed E-state index contributed by atoms with van der Waals surface area (Å²) in [5.41, 5.74) is 0. The maximum Gasteiger partial charge on any atom is 0.151 e. The van der Waals surface area contributed by atoms with E-state index in [0.29, 0.717) is 6.10 Å². The first kappa shape index (κ1) is 12.3. The summed E-state index contributed by atoms with van der Waals surface area (Å²) < 4.78 is 28.7. The van der Waals surface area contributed by atoms with Gasteiger partial charge in [0.2, 0.25) is 0 Å². The molecule has 0 aromatic heterocycles. The Morgan fingerprint density at radius 2 is 2.06 bits per heavy atom. The van der Waals surface area contributed by atoms with Crippen molar-refractivity contribution >= 4 is 9.84 Å². The summed E-state index contributed by atoms with van der Waals surface area (Å²) in [4.78, 5) is 0. The predicted octanol–water partition coefficient (Wildman–Crippen LogP) is 0.721. The quantitative estimate of drug-likeness (QED) is 0.795. The largest absolute Gasteiger partial charge is 0.377 e. The van der Waals surface area contributed by atoms with Gasteiger partial charge >= 0.3 is 0 Å². The second kappa shape index (κ2) is 5.02. The summed E-state index contributed by atoms with van der Waals surface area (Å²) in [5, 5.41) is 3.19. The van der Waals surface area contributed by atoms with Gasteiger partial charge < -0.3 is 10.1 Å². The van der Waals surface area contributed by atoms with E-state index in [-0.39, 0.29) is 11.3 Å². The summed E-state index contributed by atoms with van der Waals surface area (Å²) in [6, 6.07) is 0.138. The zero-order chi connectivity index (χ0) is 11.6. The number of hydrogen-bond acceptors (Lipinski definition) is 4. The Labute approximate surface area is 97.7 Å². The third kappa shape index (κ3) is 2.96. The normalized spacial score (nSPS) is 35.7. The Balaban J connectivity index is 1.84. The Bertz CT molecular complexity index is 322. The Hall–Kier alpha value is -0.130. The van der Waals surface area contributed by atoms with Crippen molar-refractivity contribution < 1.29 is 13.2 Å². The highest BCUT2D eigenvalue weighted by Gasteiger charge is 2.34. The van der Waals surface area contributed by atoms with E-state index >= 15 is 0 Å². The molecule has 3 unspecified atom stereocenters. The number of hydrogen-bond donors (Lipinski definition) is 1. The molecule has 0 aromatic rings. The number of ether oxygens (including phenoxy) is 1. The van der Waals surface area contributed by atoms with E-state index in [1.165, 1.54) is 6.26 Å². The van der Waals surface area contributed by atoms with Crippen LogP contribution in [-0.2, 0) is 14.6 Å². The van der Waals surface area contributed by atoms with Crippen molar-refractivity contribution in [1.82, 2.24) is 5.32 Å². The number of nitrogens with one attached hydrogen (secondary N) is 1. The van der Waals surface area contributed by atoms with Gasteiger partial charge in [0.25, 0.3) is 0 Å². The minimum atomic E-state index is -2.90. The zero-order valence-corrected chi connectivity index (χ0v) is 10.6. The van der Waals surface area contributed by atoms with E-state index < -0.39 is 9.84 Å². The van der Waals surface area contributed by atoms with Crippen molar-refractivity contribution in [3.8, 4) is 0 Å². The predicted molar refractivity (Wildman–Crippen MR) is 63.2 cm³/mol. The third-order valence-corrected chi connectivity index (χ3v) is 5.30. The second-order valence-corrected chi connectivity index (χ2v) is 7.21. The Morgan fingerprint density at radius 3 is 2.69 bits per heavy atom. The maximum atomic E-state index is 11.6. The van der Waals surface area contributed by atoms with Gasteiger partial charge in [0.15, 0.2) is 9.84 Å². The average molecular weight is 247 g/mol.